The Morgan fingerprint density at radius 1 is 1.18 bits per heavy atom. The lowest BCUT2D eigenvalue weighted by molar-refractivity contribution is -0.124. The Morgan fingerprint density at radius 3 is 2.68 bits per heavy atom. The highest BCUT2D eigenvalue weighted by Crippen LogP contribution is 2.27. The van der Waals surface area contributed by atoms with E-state index >= 15 is 0 Å². The summed E-state index contributed by atoms with van der Waals surface area (Å²) in [5.41, 5.74) is 2.16. The van der Waals surface area contributed by atoms with Crippen LogP contribution in [0.4, 0.5) is 10.1 Å². The summed E-state index contributed by atoms with van der Waals surface area (Å²) < 4.78 is 18.5. The molecule has 0 aromatic heterocycles. The number of anilines is 1. The van der Waals surface area contributed by atoms with Crippen molar-refractivity contribution in [2.45, 2.75) is 25.9 Å². The Bertz CT molecular complexity index is 669. The molecule has 0 saturated carbocycles. The number of hydrogen-bond donors (Lipinski definition) is 0. The van der Waals surface area contributed by atoms with Gasteiger partial charge < -0.3 is 9.64 Å². The molecule has 0 fully saturated rings. The van der Waals surface area contributed by atoms with Crippen LogP contribution in [0.2, 0.25) is 0 Å². The van der Waals surface area contributed by atoms with Gasteiger partial charge in [0.1, 0.15) is 11.6 Å². The zero-order valence-corrected chi connectivity index (χ0v) is 12.5. The number of benzene rings is 2. The van der Waals surface area contributed by atoms with Gasteiger partial charge in [0.2, 0.25) is 0 Å². The normalized spacial score (nSPS) is 15.1. The molecule has 114 valence electrons. The second-order valence-electron chi connectivity index (χ2n) is 5.44. The Hall–Kier alpha value is -2.36. The van der Waals surface area contributed by atoms with Crippen molar-refractivity contribution in [2.75, 3.05) is 11.4 Å². The van der Waals surface area contributed by atoms with Crippen LogP contribution >= 0.6 is 0 Å². The molecular formula is C18H18FNO2. The molecule has 0 spiro atoms. The molecule has 2 aromatic carbocycles. The molecule has 1 amide bonds. The fourth-order valence-corrected chi connectivity index (χ4v) is 2.75. The lowest BCUT2D eigenvalue weighted by Gasteiger charge is -2.31. The maximum atomic E-state index is 12.9. The van der Waals surface area contributed by atoms with Crippen molar-refractivity contribution in [3.8, 4) is 5.75 Å². The van der Waals surface area contributed by atoms with Crippen LogP contribution in [-0.4, -0.2) is 18.6 Å². The van der Waals surface area contributed by atoms with E-state index < -0.39 is 6.10 Å². The molecule has 2 aromatic rings. The van der Waals surface area contributed by atoms with Crippen molar-refractivity contribution >= 4 is 11.6 Å². The smallest absolute Gasteiger partial charge is 0.267 e. The number of carbonyl (C=O) groups excluding carboxylic acids is 1. The van der Waals surface area contributed by atoms with Crippen LogP contribution in [-0.2, 0) is 11.2 Å². The number of amides is 1. The van der Waals surface area contributed by atoms with E-state index in [0.29, 0.717) is 12.3 Å². The molecule has 3 rings (SSSR count). The van der Waals surface area contributed by atoms with Crippen molar-refractivity contribution in [2.24, 2.45) is 0 Å². The summed E-state index contributed by atoms with van der Waals surface area (Å²) >= 11 is 0. The van der Waals surface area contributed by atoms with Gasteiger partial charge in [-0.25, -0.2) is 4.39 Å². The molecule has 1 aliphatic heterocycles. The molecule has 0 aliphatic carbocycles. The zero-order chi connectivity index (χ0) is 15.5. The molecule has 1 atom stereocenters. The van der Waals surface area contributed by atoms with Gasteiger partial charge in [0.15, 0.2) is 6.10 Å². The first-order valence-corrected chi connectivity index (χ1v) is 7.46. The Balaban J connectivity index is 1.75. The van der Waals surface area contributed by atoms with Crippen LogP contribution in [0, 0.1) is 5.82 Å². The van der Waals surface area contributed by atoms with Gasteiger partial charge in [-0.1, -0.05) is 18.2 Å². The summed E-state index contributed by atoms with van der Waals surface area (Å²) in [7, 11) is 0. The van der Waals surface area contributed by atoms with E-state index in [1.54, 1.807) is 11.8 Å². The van der Waals surface area contributed by atoms with Gasteiger partial charge in [0.05, 0.1) is 0 Å². The summed E-state index contributed by atoms with van der Waals surface area (Å²) in [6.45, 7) is 2.43. The summed E-state index contributed by atoms with van der Waals surface area (Å²) in [5.74, 6) is 0.0975. The van der Waals surface area contributed by atoms with Gasteiger partial charge in [-0.2, -0.15) is 0 Å². The maximum Gasteiger partial charge on any atom is 0.267 e. The molecule has 3 nitrogen and oxygen atoms in total. The number of ether oxygens (including phenoxy) is 1. The number of carbonyl (C=O) groups is 1. The summed E-state index contributed by atoms with van der Waals surface area (Å²) in [5, 5.41) is 0. The van der Waals surface area contributed by atoms with Crippen LogP contribution < -0.4 is 9.64 Å². The van der Waals surface area contributed by atoms with Gasteiger partial charge in [0, 0.05) is 12.2 Å². The van der Waals surface area contributed by atoms with E-state index in [1.807, 2.05) is 18.2 Å². The first-order chi connectivity index (χ1) is 10.6. The Morgan fingerprint density at radius 2 is 1.91 bits per heavy atom. The highest BCUT2D eigenvalue weighted by molar-refractivity contribution is 5.97. The van der Waals surface area contributed by atoms with E-state index in [4.69, 9.17) is 4.74 Å². The zero-order valence-electron chi connectivity index (χ0n) is 12.5. The van der Waals surface area contributed by atoms with Gasteiger partial charge in [-0.05, 0) is 55.7 Å². The van der Waals surface area contributed by atoms with Crippen molar-refractivity contribution in [3.63, 3.8) is 0 Å². The molecule has 0 unspecified atom stereocenters. The third kappa shape index (κ3) is 2.96. The summed E-state index contributed by atoms with van der Waals surface area (Å²) in [6.07, 6.45) is 1.33. The van der Waals surface area contributed by atoms with Gasteiger partial charge >= 0.3 is 0 Å². The molecule has 0 bridgehead atoms. The minimum Gasteiger partial charge on any atom is -0.481 e. The Kier molecular flexibility index (Phi) is 4.09. The first kappa shape index (κ1) is 14.6. The topological polar surface area (TPSA) is 29.5 Å². The molecule has 1 heterocycles. The van der Waals surface area contributed by atoms with Crippen molar-refractivity contribution in [1.29, 1.82) is 0 Å². The van der Waals surface area contributed by atoms with Crippen molar-refractivity contribution < 1.29 is 13.9 Å². The van der Waals surface area contributed by atoms with Crippen molar-refractivity contribution in [3.05, 3.63) is 59.9 Å². The summed E-state index contributed by atoms with van der Waals surface area (Å²) in [6, 6.07) is 13.7. The third-order valence-corrected chi connectivity index (χ3v) is 3.85. The number of para-hydroxylation sites is 1. The number of hydrogen-bond acceptors (Lipinski definition) is 2. The molecule has 22 heavy (non-hydrogen) atoms. The van der Waals surface area contributed by atoms with E-state index in [9.17, 15) is 9.18 Å². The highest BCUT2D eigenvalue weighted by Gasteiger charge is 2.27. The second kappa shape index (κ2) is 6.18. The number of rotatable bonds is 3. The molecule has 1 aliphatic rings. The monoisotopic (exact) mass is 299 g/mol. The SMILES string of the molecule is C[C@H](Oc1ccc(F)cc1)C(=O)N1CCCc2ccccc21. The van der Waals surface area contributed by atoms with Crippen LogP contribution in [0.15, 0.2) is 48.5 Å². The second-order valence-corrected chi connectivity index (χ2v) is 5.44. The highest BCUT2D eigenvalue weighted by atomic mass is 19.1. The fourth-order valence-electron chi connectivity index (χ4n) is 2.75. The van der Waals surface area contributed by atoms with E-state index in [-0.39, 0.29) is 11.7 Å². The largest absolute Gasteiger partial charge is 0.481 e. The standard InChI is InChI=1S/C18H18FNO2/c1-13(22-16-10-8-15(19)9-11-16)18(21)20-12-4-6-14-5-2-3-7-17(14)20/h2-3,5,7-11,13H,4,6,12H2,1H3/t13-/m0/s1. The molecular weight excluding hydrogens is 281 g/mol. The van der Waals surface area contributed by atoms with Crippen LogP contribution in [0.25, 0.3) is 0 Å². The van der Waals surface area contributed by atoms with E-state index in [1.165, 1.54) is 29.8 Å². The lowest BCUT2D eigenvalue weighted by Crippen LogP contribution is -2.43. The number of aryl methyl sites for hydroxylation is 1. The molecule has 4 heteroatoms. The quantitative estimate of drug-likeness (QED) is 0.867. The first-order valence-electron chi connectivity index (χ1n) is 7.46. The predicted molar refractivity (Wildman–Crippen MR) is 83.6 cm³/mol. The van der Waals surface area contributed by atoms with Crippen LogP contribution in [0.3, 0.4) is 0 Å². The van der Waals surface area contributed by atoms with E-state index in [0.717, 1.165) is 18.5 Å². The minimum atomic E-state index is -0.614. The predicted octanol–water partition coefficient (Wildman–Crippen LogP) is 3.57. The van der Waals surface area contributed by atoms with E-state index in [2.05, 4.69) is 6.07 Å². The fraction of sp³-hybridized carbons (Fsp3) is 0.278. The third-order valence-electron chi connectivity index (χ3n) is 3.85. The number of nitrogens with zero attached hydrogens (tertiary/aromatic N) is 1. The average molecular weight is 299 g/mol. The molecule has 0 N–H and O–H groups in total. The average Bonchev–Trinajstić information content (AvgIpc) is 2.55. The lowest BCUT2D eigenvalue weighted by atomic mass is 10.0. The number of fused-ring (bicyclic) bond motifs is 1. The minimum absolute atomic E-state index is 0.0727. The molecule has 0 radical (unpaired) electrons. The van der Waals surface area contributed by atoms with Crippen molar-refractivity contribution in [1.82, 2.24) is 0 Å². The van der Waals surface area contributed by atoms with Gasteiger partial charge in [-0.15, -0.1) is 0 Å². The van der Waals surface area contributed by atoms with Gasteiger partial charge in [-0.3, -0.25) is 4.79 Å². The van der Waals surface area contributed by atoms with Gasteiger partial charge in [0.25, 0.3) is 5.91 Å². The number of halogens is 1. The Labute approximate surface area is 129 Å². The molecule has 0 saturated heterocycles. The van der Waals surface area contributed by atoms with Crippen LogP contribution in [0.5, 0.6) is 5.75 Å². The maximum absolute atomic E-state index is 12.9. The summed E-state index contributed by atoms with van der Waals surface area (Å²) in [4.78, 5) is 14.4. The van der Waals surface area contributed by atoms with Crippen LogP contribution in [0.1, 0.15) is 18.9 Å².